The first-order chi connectivity index (χ1) is 16.0. The number of hydrogen-bond donors (Lipinski definition) is 1. The molecule has 1 unspecified atom stereocenters. The molecule has 0 saturated carbocycles. The normalized spacial score (nSPS) is 19.1. The van der Waals surface area contributed by atoms with Gasteiger partial charge in [-0.25, -0.2) is 0 Å². The van der Waals surface area contributed by atoms with Gasteiger partial charge in [0.05, 0.1) is 11.6 Å². The van der Waals surface area contributed by atoms with Gasteiger partial charge in [0.1, 0.15) is 19.0 Å². The SMILES string of the molecule is Cc1ccc(C)c(/C(O)=C2\C(=O)C(=O)N(c3ccc4c(c3)OCCO4)C2c2ccccc2)c1. The number of ketones is 1. The van der Waals surface area contributed by atoms with Crippen molar-refractivity contribution in [1.82, 2.24) is 0 Å². The number of rotatable bonds is 3. The van der Waals surface area contributed by atoms with Crippen molar-refractivity contribution in [2.75, 3.05) is 18.1 Å². The highest BCUT2D eigenvalue weighted by Gasteiger charge is 2.47. The number of aliphatic hydroxyl groups is 1. The second-order valence-electron chi connectivity index (χ2n) is 8.23. The fourth-order valence-electron chi connectivity index (χ4n) is 4.37. The monoisotopic (exact) mass is 441 g/mol. The molecule has 166 valence electrons. The molecule has 0 radical (unpaired) electrons. The van der Waals surface area contributed by atoms with Gasteiger partial charge < -0.3 is 14.6 Å². The van der Waals surface area contributed by atoms with E-state index in [9.17, 15) is 14.7 Å². The topological polar surface area (TPSA) is 76.1 Å². The molecule has 2 aliphatic heterocycles. The Balaban J connectivity index is 1.71. The number of Topliss-reactive ketones (excluding diaryl/α,β-unsaturated/α-hetero) is 1. The lowest BCUT2D eigenvalue weighted by atomic mass is 9.93. The minimum absolute atomic E-state index is 0.0646. The van der Waals surface area contributed by atoms with Crippen molar-refractivity contribution in [1.29, 1.82) is 0 Å². The van der Waals surface area contributed by atoms with E-state index in [2.05, 4.69) is 0 Å². The molecule has 6 heteroatoms. The Kier molecular flexibility index (Phi) is 5.13. The summed E-state index contributed by atoms with van der Waals surface area (Å²) in [5, 5.41) is 11.3. The summed E-state index contributed by atoms with van der Waals surface area (Å²) in [4.78, 5) is 28.0. The van der Waals surface area contributed by atoms with Crippen LogP contribution in [0.4, 0.5) is 5.69 Å². The van der Waals surface area contributed by atoms with Crippen LogP contribution < -0.4 is 14.4 Å². The molecule has 5 rings (SSSR count). The third-order valence-electron chi connectivity index (χ3n) is 6.01. The van der Waals surface area contributed by atoms with E-state index in [0.717, 1.165) is 16.7 Å². The number of carbonyl (C=O) groups is 2. The van der Waals surface area contributed by atoms with Crippen molar-refractivity contribution in [3.8, 4) is 11.5 Å². The Labute approximate surface area is 191 Å². The van der Waals surface area contributed by atoms with Crippen LogP contribution in [-0.2, 0) is 9.59 Å². The van der Waals surface area contributed by atoms with Crippen molar-refractivity contribution < 1.29 is 24.2 Å². The van der Waals surface area contributed by atoms with Gasteiger partial charge in [0.15, 0.2) is 11.5 Å². The van der Waals surface area contributed by atoms with Crippen molar-refractivity contribution in [2.24, 2.45) is 0 Å². The second-order valence-corrected chi connectivity index (χ2v) is 8.23. The number of ether oxygens (including phenoxy) is 2. The molecule has 2 aliphatic rings. The zero-order valence-corrected chi connectivity index (χ0v) is 18.4. The summed E-state index contributed by atoms with van der Waals surface area (Å²) < 4.78 is 11.3. The Bertz CT molecular complexity index is 1300. The molecule has 1 fully saturated rings. The number of aliphatic hydroxyl groups excluding tert-OH is 1. The van der Waals surface area contributed by atoms with Gasteiger partial charge in [0.25, 0.3) is 11.7 Å². The molecule has 1 N–H and O–H groups in total. The van der Waals surface area contributed by atoms with Crippen LogP contribution in [0.15, 0.2) is 72.3 Å². The number of hydrogen-bond acceptors (Lipinski definition) is 5. The quantitative estimate of drug-likeness (QED) is 0.362. The molecule has 1 amide bonds. The Hall–Kier alpha value is -4.06. The average molecular weight is 441 g/mol. The van der Waals surface area contributed by atoms with Crippen LogP contribution in [0.5, 0.6) is 11.5 Å². The largest absolute Gasteiger partial charge is 0.507 e. The first-order valence-electron chi connectivity index (χ1n) is 10.8. The number of carbonyl (C=O) groups excluding carboxylic acids is 2. The van der Waals surface area contributed by atoms with Crippen LogP contribution in [0.1, 0.15) is 28.3 Å². The maximum absolute atomic E-state index is 13.3. The number of nitrogens with zero attached hydrogens (tertiary/aromatic N) is 1. The Morgan fingerprint density at radius 3 is 2.39 bits per heavy atom. The van der Waals surface area contributed by atoms with Crippen molar-refractivity contribution >= 4 is 23.1 Å². The molecule has 0 bridgehead atoms. The molecule has 3 aromatic rings. The summed E-state index contributed by atoms with van der Waals surface area (Å²) >= 11 is 0. The van der Waals surface area contributed by atoms with Crippen LogP contribution in [-0.4, -0.2) is 30.0 Å². The van der Waals surface area contributed by atoms with Gasteiger partial charge in [0.2, 0.25) is 0 Å². The second kappa shape index (κ2) is 8.13. The summed E-state index contributed by atoms with van der Waals surface area (Å²) in [6.07, 6.45) is 0. The van der Waals surface area contributed by atoms with E-state index >= 15 is 0 Å². The molecule has 6 nitrogen and oxygen atoms in total. The maximum Gasteiger partial charge on any atom is 0.300 e. The first kappa shape index (κ1) is 20.8. The lowest BCUT2D eigenvalue weighted by molar-refractivity contribution is -0.132. The number of fused-ring (bicyclic) bond motifs is 1. The van der Waals surface area contributed by atoms with E-state index in [1.54, 1.807) is 18.2 Å². The Morgan fingerprint density at radius 2 is 1.64 bits per heavy atom. The molecular formula is C27H23NO5. The molecule has 3 aromatic carbocycles. The van der Waals surface area contributed by atoms with E-state index in [1.165, 1.54) is 4.90 Å². The summed E-state index contributed by atoms with van der Waals surface area (Å²) in [5.74, 6) is -0.497. The number of benzene rings is 3. The van der Waals surface area contributed by atoms with Crippen LogP contribution in [0, 0.1) is 13.8 Å². The van der Waals surface area contributed by atoms with Gasteiger partial charge in [-0.05, 0) is 43.2 Å². The third-order valence-corrected chi connectivity index (χ3v) is 6.01. The molecule has 33 heavy (non-hydrogen) atoms. The molecule has 1 atom stereocenters. The van der Waals surface area contributed by atoms with Gasteiger partial charge >= 0.3 is 0 Å². The number of anilines is 1. The fourth-order valence-corrected chi connectivity index (χ4v) is 4.37. The van der Waals surface area contributed by atoms with E-state index in [-0.39, 0.29) is 11.3 Å². The minimum Gasteiger partial charge on any atom is -0.507 e. The van der Waals surface area contributed by atoms with Crippen molar-refractivity contribution in [3.05, 3.63) is 94.6 Å². The number of amides is 1. The van der Waals surface area contributed by atoms with Gasteiger partial charge in [-0.2, -0.15) is 0 Å². The zero-order valence-electron chi connectivity index (χ0n) is 18.4. The fraction of sp³-hybridized carbons (Fsp3) is 0.185. The highest BCUT2D eigenvalue weighted by atomic mass is 16.6. The van der Waals surface area contributed by atoms with Gasteiger partial charge in [-0.15, -0.1) is 0 Å². The standard InChI is InChI=1S/C27H23NO5/c1-16-8-9-17(2)20(14-16)25(29)23-24(18-6-4-3-5-7-18)28(27(31)26(23)30)19-10-11-21-22(15-19)33-13-12-32-21/h3-11,14-15,24,29H,12-13H2,1-2H3/b25-23+. The van der Waals surface area contributed by atoms with Gasteiger partial charge in [-0.1, -0.05) is 48.0 Å². The molecule has 0 aliphatic carbocycles. The third kappa shape index (κ3) is 3.53. The predicted octanol–water partition coefficient (Wildman–Crippen LogP) is 4.70. The summed E-state index contributed by atoms with van der Waals surface area (Å²) in [6, 6.07) is 19.3. The highest BCUT2D eigenvalue weighted by molar-refractivity contribution is 6.51. The number of aryl methyl sites for hydroxylation is 2. The Morgan fingerprint density at radius 1 is 0.909 bits per heavy atom. The maximum atomic E-state index is 13.3. The van der Waals surface area contributed by atoms with Crippen molar-refractivity contribution in [2.45, 2.75) is 19.9 Å². The van der Waals surface area contributed by atoms with Gasteiger partial charge in [0, 0.05) is 17.3 Å². The first-order valence-corrected chi connectivity index (χ1v) is 10.8. The van der Waals surface area contributed by atoms with Crippen molar-refractivity contribution in [3.63, 3.8) is 0 Å². The highest BCUT2D eigenvalue weighted by Crippen LogP contribution is 2.44. The zero-order chi connectivity index (χ0) is 23.1. The van der Waals surface area contributed by atoms with Crippen LogP contribution in [0.2, 0.25) is 0 Å². The summed E-state index contributed by atoms with van der Waals surface area (Å²) in [7, 11) is 0. The molecule has 0 aromatic heterocycles. The van der Waals surface area contributed by atoms with E-state index in [0.29, 0.717) is 36.0 Å². The smallest absolute Gasteiger partial charge is 0.300 e. The predicted molar refractivity (Wildman–Crippen MR) is 125 cm³/mol. The lowest BCUT2D eigenvalue weighted by Gasteiger charge is -2.27. The summed E-state index contributed by atoms with van der Waals surface area (Å²) in [5.41, 5.74) is 3.58. The average Bonchev–Trinajstić information content (AvgIpc) is 3.11. The van der Waals surface area contributed by atoms with Crippen LogP contribution in [0.3, 0.4) is 0 Å². The van der Waals surface area contributed by atoms with Crippen LogP contribution in [0.25, 0.3) is 5.76 Å². The molecule has 1 saturated heterocycles. The molecular weight excluding hydrogens is 418 g/mol. The lowest BCUT2D eigenvalue weighted by Crippen LogP contribution is -2.29. The van der Waals surface area contributed by atoms with E-state index < -0.39 is 17.7 Å². The molecule has 0 spiro atoms. The molecule has 2 heterocycles. The summed E-state index contributed by atoms with van der Waals surface area (Å²) in [6.45, 7) is 4.64. The van der Waals surface area contributed by atoms with E-state index in [4.69, 9.17) is 9.47 Å². The van der Waals surface area contributed by atoms with Crippen LogP contribution >= 0.6 is 0 Å². The minimum atomic E-state index is -0.784. The van der Waals surface area contributed by atoms with Gasteiger partial charge in [-0.3, -0.25) is 14.5 Å². The van der Waals surface area contributed by atoms with E-state index in [1.807, 2.05) is 62.4 Å².